The summed E-state index contributed by atoms with van der Waals surface area (Å²) in [5.41, 5.74) is 14.1. The fourth-order valence-corrected chi connectivity index (χ4v) is 1.87. The molecule has 1 aliphatic heterocycles. The Labute approximate surface area is 88.9 Å². The standard InChI is InChI=1S/C11H15N3O/c1-7-3-2-4-9(11(7)13)14-6-8(12)5-10(14)15/h2-4,8H,5-6,12-13H2,1H3. The fraction of sp³-hybridized carbons (Fsp3) is 0.364. The molecule has 1 saturated heterocycles. The highest BCUT2D eigenvalue weighted by molar-refractivity contribution is 5.99. The third kappa shape index (κ3) is 1.68. The lowest BCUT2D eigenvalue weighted by Crippen LogP contribution is -2.28. The molecule has 1 aliphatic rings. The van der Waals surface area contributed by atoms with Gasteiger partial charge in [-0.3, -0.25) is 4.79 Å². The second-order valence-electron chi connectivity index (χ2n) is 3.98. The quantitative estimate of drug-likeness (QED) is 0.661. The molecule has 0 aliphatic carbocycles. The summed E-state index contributed by atoms with van der Waals surface area (Å²) in [6.45, 7) is 2.49. The number of carbonyl (C=O) groups excluding carboxylic acids is 1. The number of hydrogen-bond acceptors (Lipinski definition) is 3. The number of hydrogen-bond donors (Lipinski definition) is 2. The number of carbonyl (C=O) groups is 1. The molecule has 0 spiro atoms. The van der Waals surface area contributed by atoms with Gasteiger partial charge in [0, 0.05) is 19.0 Å². The Morgan fingerprint density at radius 2 is 2.20 bits per heavy atom. The lowest BCUT2D eigenvalue weighted by atomic mass is 10.1. The van der Waals surface area contributed by atoms with Crippen molar-refractivity contribution >= 4 is 17.3 Å². The van der Waals surface area contributed by atoms with Crippen LogP contribution in [0.4, 0.5) is 11.4 Å². The average Bonchev–Trinajstić information content (AvgIpc) is 2.50. The molecule has 0 radical (unpaired) electrons. The number of nitrogen functional groups attached to an aromatic ring is 1. The van der Waals surface area contributed by atoms with Crippen LogP contribution in [-0.2, 0) is 4.79 Å². The van der Waals surface area contributed by atoms with E-state index in [-0.39, 0.29) is 11.9 Å². The van der Waals surface area contributed by atoms with Crippen LogP contribution in [0, 0.1) is 6.92 Å². The summed E-state index contributed by atoms with van der Waals surface area (Å²) in [4.78, 5) is 13.3. The minimum Gasteiger partial charge on any atom is -0.397 e. The van der Waals surface area contributed by atoms with E-state index in [9.17, 15) is 4.79 Å². The lowest BCUT2D eigenvalue weighted by Gasteiger charge is -2.19. The van der Waals surface area contributed by atoms with Crippen LogP contribution in [0.15, 0.2) is 18.2 Å². The van der Waals surface area contributed by atoms with E-state index in [1.807, 2.05) is 25.1 Å². The summed E-state index contributed by atoms with van der Waals surface area (Å²) in [5, 5.41) is 0. The van der Waals surface area contributed by atoms with E-state index in [1.165, 1.54) is 0 Å². The number of amides is 1. The van der Waals surface area contributed by atoms with Crippen molar-refractivity contribution in [2.75, 3.05) is 17.2 Å². The SMILES string of the molecule is Cc1cccc(N2CC(N)CC2=O)c1N. The maximum Gasteiger partial charge on any atom is 0.228 e. The number of anilines is 2. The topological polar surface area (TPSA) is 72.3 Å². The Morgan fingerprint density at radius 3 is 2.80 bits per heavy atom. The van der Waals surface area contributed by atoms with Gasteiger partial charge in [0.2, 0.25) is 5.91 Å². The van der Waals surface area contributed by atoms with Crippen molar-refractivity contribution in [3.05, 3.63) is 23.8 Å². The van der Waals surface area contributed by atoms with Gasteiger partial charge in [0.05, 0.1) is 11.4 Å². The molecule has 4 N–H and O–H groups in total. The number of aryl methyl sites for hydroxylation is 1. The monoisotopic (exact) mass is 205 g/mol. The molecule has 1 unspecified atom stereocenters. The van der Waals surface area contributed by atoms with Crippen molar-refractivity contribution in [3.8, 4) is 0 Å². The van der Waals surface area contributed by atoms with Crippen molar-refractivity contribution in [1.29, 1.82) is 0 Å². The number of nitrogens with zero attached hydrogens (tertiary/aromatic N) is 1. The highest BCUT2D eigenvalue weighted by Crippen LogP contribution is 2.29. The normalized spacial score (nSPS) is 21.1. The van der Waals surface area contributed by atoms with Gasteiger partial charge < -0.3 is 16.4 Å². The van der Waals surface area contributed by atoms with Gasteiger partial charge in [0.25, 0.3) is 0 Å². The van der Waals surface area contributed by atoms with Gasteiger partial charge >= 0.3 is 0 Å². The first-order chi connectivity index (χ1) is 7.09. The second-order valence-corrected chi connectivity index (χ2v) is 3.98. The largest absolute Gasteiger partial charge is 0.397 e. The van der Waals surface area contributed by atoms with Gasteiger partial charge in [-0.1, -0.05) is 12.1 Å². The Bertz CT molecular complexity index is 403. The second kappa shape index (κ2) is 3.55. The Kier molecular flexibility index (Phi) is 2.36. The van der Waals surface area contributed by atoms with Crippen LogP contribution in [0.3, 0.4) is 0 Å². The molecule has 0 aromatic heterocycles. The molecule has 0 saturated carbocycles. The molecule has 80 valence electrons. The zero-order valence-electron chi connectivity index (χ0n) is 8.73. The van der Waals surface area contributed by atoms with Crippen molar-refractivity contribution in [2.45, 2.75) is 19.4 Å². The molecule has 1 aromatic rings. The molecule has 1 aromatic carbocycles. The average molecular weight is 205 g/mol. The van der Waals surface area contributed by atoms with Crippen molar-refractivity contribution in [2.24, 2.45) is 5.73 Å². The van der Waals surface area contributed by atoms with E-state index < -0.39 is 0 Å². The van der Waals surface area contributed by atoms with Crippen LogP contribution >= 0.6 is 0 Å². The predicted octanol–water partition coefficient (Wildman–Crippen LogP) is 0.641. The van der Waals surface area contributed by atoms with Crippen LogP contribution in [0.2, 0.25) is 0 Å². The van der Waals surface area contributed by atoms with Gasteiger partial charge in [-0.15, -0.1) is 0 Å². The molecule has 2 rings (SSSR count). The van der Waals surface area contributed by atoms with Gasteiger partial charge in [0.15, 0.2) is 0 Å². The van der Waals surface area contributed by atoms with E-state index in [0.717, 1.165) is 11.3 Å². The molecule has 4 nitrogen and oxygen atoms in total. The van der Waals surface area contributed by atoms with Gasteiger partial charge in [-0.25, -0.2) is 0 Å². The summed E-state index contributed by atoms with van der Waals surface area (Å²) in [6, 6.07) is 5.62. The number of para-hydroxylation sites is 1. The molecular weight excluding hydrogens is 190 g/mol. The summed E-state index contributed by atoms with van der Waals surface area (Å²) >= 11 is 0. The van der Waals surface area contributed by atoms with Crippen LogP contribution in [0.25, 0.3) is 0 Å². The predicted molar refractivity (Wildman–Crippen MR) is 60.5 cm³/mol. The Hall–Kier alpha value is -1.55. The molecule has 1 atom stereocenters. The van der Waals surface area contributed by atoms with Crippen molar-refractivity contribution < 1.29 is 4.79 Å². The first-order valence-electron chi connectivity index (χ1n) is 5.00. The number of nitrogens with two attached hydrogens (primary N) is 2. The summed E-state index contributed by atoms with van der Waals surface area (Å²) in [6.07, 6.45) is 0.410. The lowest BCUT2D eigenvalue weighted by molar-refractivity contribution is -0.117. The smallest absolute Gasteiger partial charge is 0.228 e. The van der Waals surface area contributed by atoms with E-state index >= 15 is 0 Å². The molecule has 1 heterocycles. The van der Waals surface area contributed by atoms with Gasteiger partial charge in [-0.2, -0.15) is 0 Å². The number of benzene rings is 1. The molecule has 4 heteroatoms. The molecule has 1 fully saturated rings. The molecule has 15 heavy (non-hydrogen) atoms. The van der Waals surface area contributed by atoms with Crippen LogP contribution < -0.4 is 16.4 Å². The Morgan fingerprint density at radius 1 is 1.47 bits per heavy atom. The maximum atomic E-state index is 11.6. The minimum atomic E-state index is -0.0718. The summed E-state index contributed by atoms with van der Waals surface area (Å²) in [5.74, 6) is 0.0554. The third-order valence-corrected chi connectivity index (χ3v) is 2.75. The van der Waals surface area contributed by atoms with Gasteiger partial charge in [0.1, 0.15) is 0 Å². The zero-order valence-corrected chi connectivity index (χ0v) is 8.73. The van der Waals surface area contributed by atoms with Gasteiger partial charge in [-0.05, 0) is 18.6 Å². The fourth-order valence-electron chi connectivity index (χ4n) is 1.87. The molecule has 1 amide bonds. The van der Waals surface area contributed by atoms with Crippen molar-refractivity contribution in [1.82, 2.24) is 0 Å². The first kappa shape index (κ1) is 9.98. The summed E-state index contributed by atoms with van der Waals surface area (Å²) < 4.78 is 0. The van der Waals surface area contributed by atoms with Crippen LogP contribution in [-0.4, -0.2) is 18.5 Å². The summed E-state index contributed by atoms with van der Waals surface area (Å²) in [7, 11) is 0. The first-order valence-corrected chi connectivity index (χ1v) is 5.00. The minimum absolute atomic E-state index is 0.0554. The molecular formula is C11H15N3O. The van der Waals surface area contributed by atoms with Crippen molar-refractivity contribution in [3.63, 3.8) is 0 Å². The van der Waals surface area contributed by atoms with E-state index in [4.69, 9.17) is 11.5 Å². The Balaban J connectivity index is 2.38. The van der Waals surface area contributed by atoms with Crippen LogP contribution in [0.5, 0.6) is 0 Å². The highest BCUT2D eigenvalue weighted by Gasteiger charge is 2.29. The van der Waals surface area contributed by atoms with E-state index in [1.54, 1.807) is 4.90 Å². The zero-order chi connectivity index (χ0) is 11.0. The van der Waals surface area contributed by atoms with E-state index in [2.05, 4.69) is 0 Å². The third-order valence-electron chi connectivity index (χ3n) is 2.75. The number of rotatable bonds is 1. The van der Waals surface area contributed by atoms with E-state index in [0.29, 0.717) is 18.7 Å². The maximum absolute atomic E-state index is 11.6. The molecule has 0 bridgehead atoms. The highest BCUT2D eigenvalue weighted by atomic mass is 16.2. The van der Waals surface area contributed by atoms with Crippen LogP contribution in [0.1, 0.15) is 12.0 Å².